The standard InChI is InChI=1S/C13H19N3S/c1-16(2)9-5-8-15-12-6-4-7-13(17-3)11(12)10-14/h4,6-7,15H,5,8-9H2,1-3H3. The fourth-order valence-corrected chi connectivity index (χ4v) is 2.16. The summed E-state index contributed by atoms with van der Waals surface area (Å²) in [5, 5.41) is 12.5. The Morgan fingerprint density at radius 1 is 1.41 bits per heavy atom. The van der Waals surface area contributed by atoms with Crippen LogP contribution in [-0.2, 0) is 0 Å². The highest BCUT2D eigenvalue weighted by atomic mass is 32.2. The Hall–Kier alpha value is -1.18. The van der Waals surface area contributed by atoms with Crippen LogP contribution in [0.4, 0.5) is 5.69 Å². The molecule has 92 valence electrons. The molecule has 0 spiro atoms. The van der Waals surface area contributed by atoms with Gasteiger partial charge < -0.3 is 10.2 Å². The van der Waals surface area contributed by atoms with E-state index in [0.717, 1.165) is 35.7 Å². The van der Waals surface area contributed by atoms with Gasteiger partial charge in [-0.15, -0.1) is 11.8 Å². The third-order valence-corrected chi connectivity index (χ3v) is 3.24. The zero-order chi connectivity index (χ0) is 12.7. The van der Waals surface area contributed by atoms with Gasteiger partial charge in [-0.05, 0) is 45.4 Å². The molecule has 0 aliphatic carbocycles. The lowest BCUT2D eigenvalue weighted by Crippen LogP contribution is -2.16. The lowest BCUT2D eigenvalue weighted by Gasteiger charge is -2.12. The van der Waals surface area contributed by atoms with E-state index in [2.05, 4.69) is 30.4 Å². The summed E-state index contributed by atoms with van der Waals surface area (Å²) in [5.74, 6) is 0. The first-order valence-corrected chi connectivity index (χ1v) is 6.87. The van der Waals surface area contributed by atoms with Gasteiger partial charge in [0, 0.05) is 11.4 Å². The van der Waals surface area contributed by atoms with E-state index in [0.29, 0.717) is 0 Å². The maximum Gasteiger partial charge on any atom is 0.102 e. The van der Waals surface area contributed by atoms with Gasteiger partial charge in [0.15, 0.2) is 0 Å². The predicted molar refractivity (Wildman–Crippen MR) is 74.6 cm³/mol. The number of thioether (sulfide) groups is 1. The van der Waals surface area contributed by atoms with E-state index in [1.807, 2.05) is 24.5 Å². The zero-order valence-corrected chi connectivity index (χ0v) is 11.5. The van der Waals surface area contributed by atoms with Gasteiger partial charge in [0.25, 0.3) is 0 Å². The van der Waals surface area contributed by atoms with E-state index in [9.17, 15) is 0 Å². The first-order chi connectivity index (χ1) is 8.19. The molecule has 0 saturated carbocycles. The molecule has 3 nitrogen and oxygen atoms in total. The molecule has 0 atom stereocenters. The van der Waals surface area contributed by atoms with Crippen molar-refractivity contribution in [2.75, 3.05) is 38.8 Å². The maximum absolute atomic E-state index is 9.16. The van der Waals surface area contributed by atoms with Crippen LogP contribution in [0.25, 0.3) is 0 Å². The minimum atomic E-state index is 0.754. The van der Waals surface area contributed by atoms with Gasteiger partial charge in [0.2, 0.25) is 0 Å². The molecule has 0 saturated heterocycles. The largest absolute Gasteiger partial charge is 0.384 e. The minimum absolute atomic E-state index is 0.754. The second kappa shape index (κ2) is 7.21. The highest BCUT2D eigenvalue weighted by molar-refractivity contribution is 7.98. The van der Waals surface area contributed by atoms with Crippen molar-refractivity contribution in [2.45, 2.75) is 11.3 Å². The van der Waals surface area contributed by atoms with E-state index < -0.39 is 0 Å². The van der Waals surface area contributed by atoms with Crippen LogP contribution in [0, 0.1) is 11.3 Å². The molecule has 0 unspecified atom stereocenters. The molecule has 1 aromatic rings. The molecular formula is C13H19N3S. The summed E-state index contributed by atoms with van der Waals surface area (Å²) in [6.45, 7) is 1.95. The molecule has 0 aliphatic heterocycles. The van der Waals surface area contributed by atoms with Crippen molar-refractivity contribution in [3.8, 4) is 6.07 Å². The summed E-state index contributed by atoms with van der Waals surface area (Å²) in [6.07, 6.45) is 3.06. The fourth-order valence-electron chi connectivity index (χ4n) is 1.58. The maximum atomic E-state index is 9.16. The lowest BCUT2D eigenvalue weighted by atomic mass is 10.2. The van der Waals surface area contributed by atoms with Crippen LogP contribution in [0.15, 0.2) is 23.1 Å². The van der Waals surface area contributed by atoms with Gasteiger partial charge in [-0.1, -0.05) is 6.07 Å². The summed E-state index contributed by atoms with van der Waals surface area (Å²) in [4.78, 5) is 3.19. The molecule has 1 aromatic carbocycles. The van der Waals surface area contributed by atoms with Gasteiger partial charge in [0.1, 0.15) is 6.07 Å². The monoisotopic (exact) mass is 249 g/mol. The average Bonchev–Trinajstić information content (AvgIpc) is 2.33. The van der Waals surface area contributed by atoms with Crippen LogP contribution in [0.2, 0.25) is 0 Å². The predicted octanol–water partition coefficient (Wildman–Crippen LogP) is 2.64. The number of nitrogens with zero attached hydrogens (tertiary/aromatic N) is 2. The average molecular weight is 249 g/mol. The number of anilines is 1. The molecule has 1 N–H and O–H groups in total. The summed E-state index contributed by atoms with van der Waals surface area (Å²) in [7, 11) is 4.13. The Bertz CT molecular complexity index is 396. The van der Waals surface area contributed by atoms with Crippen molar-refractivity contribution in [1.82, 2.24) is 4.90 Å². The van der Waals surface area contributed by atoms with Crippen LogP contribution in [0.1, 0.15) is 12.0 Å². The van der Waals surface area contributed by atoms with Crippen LogP contribution in [-0.4, -0.2) is 38.3 Å². The van der Waals surface area contributed by atoms with E-state index in [1.165, 1.54) is 0 Å². The van der Waals surface area contributed by atoms with Gasteiger partial charge in [0.05, 0.1) is 11.3 Å². The van der Waals surface area contributed by atoms with Gasteiger partial charge in [-0.3, -0.25) is 0 Å². The van der Waals surface area contributed by atoms with Crippen LogP contribution >= 0.6 is 11.8 Å². The highest BCUT2D eigenvalue weighted by Gasteiger charge is 2.06. The number of nitriles is 1. The fraction of sp³-hybridized carbons (Fsp3) is 0.462. The quantitative estimate of drug-likeness (QED) is 0.621. The van der Waals surface area contributed by atoms with Crippen LogP contribution in [0.5, 0.6) is 0 Å². The molecule has 0 aliphatic rings. The van der Waals surface area contributed by atoms with Crippen molar-refractivity contribution in [2.24, 2.45) is 0 Å². The summed E-state index contributed by atoms with van der Waals surface area (Å²) >= 11 is 1.61. The van der Waals surface area contributed by atoms with Crippen molar-refractivity contribution >= 4 is 17.4 Å². The van der Waals surface area contributed by atoms with E-state index in [1.54, 1.807) is 11.8 Å². The Kier molecular flexibility index (Phi) is 5.88. The zero-order valence-electron chi connectivity index (χ0n) is 10.7. The number of hydrogen-bond donors (Lipinski definition) is 1. The third kappa shape index (κ3) is 4.29. The lowest BCUT2D eigenvalue weighted by molar-refractivity contribution is 0.405. The van der Waals surface area contributed by atoms with Crippen molar-refractivity contribution in [3.63, 3.8) is 0 Å². The molecule has 17 heavy (non-hydrogen) atoms. The molecule has 0 aromatic heterocycles. The Balaban J connectivity index is 2.62. The van der Waals surface area contributed by atoms with Crippen molar-refractivity contribution < 1.29 is 0 Å². The van der Waals surface area contributed by atoms with E-state index in [4.69, 9.17) is 5.26 Å². The number of rotatable bonds is 6. The Labute approximate surface area is 108 Å². The molecule has 0 radical (unpaired) electrons. The SMILES string of the molecule is CSc1cccc(NCCCN(C)C)c1C#N. The summed E-state index contributed by atoms with van der Waals surface area (Å²) < 4.78 is 0. The minimum Gasteiger partial charge on any atom is -0.384 e. The second-order valence-corrected chi connectivity index (χ2v) is 4.93. The molecule has 0 heterocycles. The van der Waals surface area contributed by atoms with Crippen molar-refractivity contribution in [1.29, 1.82) is 5.26 Å². The van der Waals surface area contributed by atoms with Gasteiger partial charge in [-0.2, -0.15) is 5.26 Å². The van der Waals surface area contributed by atoms with E-state index in [-0.39, 0.29) is 0 Å². The Morgan fingerprint density at radius 3 is 2.76 bits per heavy atom. The first-order valence-electron chi connectivity index (χ1n) is 5.64. The second-order valence-electron chi connectivity index (χ2n) is 4.08. The van der Waals surface area contributed by atoms with Gasteiger partial charge in [-0.25, -0.2) is 0 Å². The first kappa shape index (κ1) is 13.9. The molecule has 4 heteroatoms. The molecule has 0 bridgehead atoms. The topological polar surface area (TPSA) is 39.1 Å². The van der Waals surface area contributed by atoms with E-state index >= 15 is 0 Å². The number of benzene rings is 1. The normalized spacial score (nSPS) is 10.3. The Morgan fingerprint density at radius 2 is 2.18 bits per heavy atom. The molecule has 0 fully saturated rings. The molecular weight excluding hydrogens is 230 g/mol. The molecule has 0 amide bonds. The highest BCUT2D eigenvalue weighted by Crippen LogP contribution is 2.26. The summed E-state index contributed by atoms with van der Waals surface area (Å²) in [6, 6.07) is 8.20. The van der Waals surface area contributed by atoms with Crippen molar-refractivity contribution in [3.05, 3.63) is 23.8 Å². The summed E-state index contributed by atoms with van der Waals surface area (Å²) in [5.41, 5.74) is 1.70. The van der Waals surface area contributed by atoms with Crippen LogP contribution in [0.3, 0.4) is 0 Å². The molecule has 1 rings (SSSR count). The van der Waals surface area contributed by atoms with Gasteiger partial charge >= 0.3 is 0 Å². The smallest absolute Gasteiger partial charge is 0.102 e. The number of hydrogen-bond acceptors (Lipinski definition) is 4. The third-order valence-electron chi connectivity index (χ3n) is 2.46. The van der Waals surface area contributed by atoms with Crippen LogP contribution < -0.4 is 5.32 Å². The number of nitrogens with one attached hydrogen (secondary N) is 1.